The van der Waals surface area contributed by atoms with Crippen LogP contribution in [0.15, 0.2) is 52.8 Å². The molecule has 2 aliphatic heterocycles. The van der Waals surface area contributed by atoms with Crippen LogP contribution in [0.4, 0.5) is 15.8 Å². The van der Waals surface area contributed by atoms with Crippen molar-refractivity contribution < 1.29 is 18.8 Å². The standard InChI is InChI=1S/C19H15ClFN5O3/c1-10-4-2-3-5-14(10)22-15(27)9-25-17-16(23-24-25)18(28)26(19(17)29)11-6-7-13(21)12(20)8-11/h2-8,16-17H,9H2,1H3,(H,22,27)/t16-,17-/m1/s1. The van der Waals surface area contributed by atoms with Gasteiger partial charge in [-0.3, -0.25) is 19.4 Å². The molecule has 148 valence electrons. The van der Waals surface area contributed by atoms with Gasteiger partial charge in [0.05, 0.1) is 10.7 Å². The molecule has 0 aliphatic carbocycles. The molecule has 2 aromatic rings. The fourth-order valence-corrected chi connectivity index (χ4v) is 3.46. The van der Waals surface area contributed by atoms with Crippen molar-refractivity contribution in [1.82, 2.24) is 5.01 Å². The maximum atomic E-state index is 13.4. The molecule has 0 aromatic heterocycles. The molecule has 1 fully saturated rings. The molecule has 2 aliphatic rings. The van der Waals surface area contributed by atoms with Crippen LogP contribution in [-0.4, -0.2) is 41.4 Å². The number of carbonyl (C=O) groups is 3. The molecule has 0 bridgehead atoms. The van der Waals surface area contributed by atoms with Crippen LogP contribution in [0.5, 0.6) is 0 Å². The van der Waals surface area contributed by atoms with E-state index in [0.717, 1.165) is 16.5 Å². The predicted molar refractivity (Wildman–Crippen MR) is 103 cm³/mol. The zero-order valence-corrected chi connectivity index (χ0v) is 15.9. The van der Waals surface area contributed by atoms with Crippen molar-refractivity contribution in [3.63, 3.8) is 0 Å². The van der Waals surface area contributed by atoms with Crippen molar-refractivity contribution in [3.05, 3.63) is 58.9 Å². The number of anilines is 2. The van der Waals surface area contributed by atoms with Gasteiger partial charge >= 0.3 is 0 Å². The maximum Gasteiger partial charge on any atom is 0.263 e. The van der Waals surface area contributed by atoms with Gasteiger partial charge in [0.1, 0.15) is 12.4 Å². The van der Waals surface area contributed by atoms with Gasteiger partial charge < -0.3 is 5.32 Å². The van der Waals surface area contributed by atoms with E-state index < -0.39 is 35.6 Å². The van der Waals surface area contributed by atoms with E-state index in [1.165, 1.54) is 17.1 Å². The molecular weight excluding hydrogens is 401 g/mol. The summed E-state index contributed by atoms with van der Waals surface area (Å²) in [5.41, 5.74) is 1.66. The topological polar surface area (TPSA) is 94.4 Å². The molecule has 1 saturated heterocycles. The predicted octanol–water partition coefficient (Wildman–Crippen LogP) is 2.72. The molecule has 29 heavy (non-hydrogen) atoms. The van der Waals surface area contributed by atoms with Crippen molar-refractivity contribution in [1.29, 1.82) is 0 Å². The van der Waals surface area contributed by atoms with E-state index in [-0.39, 0.29) is 17.3 Å². The van der Waals surface area contributed by atoms with Crippen LogP contribution in [0, 0.1) is 12.7 Å². The molecular formula is C19H15ClFN5O3. The summed E-state index contributed by atoms with van der Waals surface area (Å²) in [7, 11) is 0. The summed E-state index contributed by atoms with van der Waals surface area (Å²) in [6, 6.07) is 8.71. The van der Waals surface area contributed by atoms with Crippen LogP contribution in [0.2, 0.25) is 5.02 Å². The Hall–Kier alpha value is -3.33. The number of hydrogen-bond acceptors (Lipinski definition) is 6. The van der Waals surface area contributed by atoms with Gasteiger partial charge in [-0.05, 0) is 36.8 Å². The van der Waals surface area contributed by atoms with Gasteiger partial charge in [-0.1, -0.05) is 35.0 Å². The molecule has 0 radical (unpaired) electrons. The van der Waals surface area contributed by atoms with Crippen molar-refractivity contribution in [2.75, 3.05) is 16.8 Å². The minimum absolute atomic E-state index is 0.139. The Balaban J connectivity index is 1.51. The number of fused-ring (bicyclic) bond motifs is 1. The van der Waals surface area contributed by atoms with Crippen LogP contribution in [0.3, 0.4) is 0 Å². The molecule has 2 aromatic carbocycles. The summed E-state index contributed by atoms with van der Waals surface area (Å²) in [5, 5.41) is 11.4. The molecule has 3 amide bonds. The van der Waals surface area contributed by atoms with Crippen molar-refractivity contribution in [3.8, 4) is 0 Å². The van der Waals surface area contributed by atoms with Gasteiger partial charge in [-0.2, -0.15) is 5.11 Å². The lowest BCUT2D eigenvalue weighted by Crippen LogP contribution is -2.43. The highest BCUT2D eigenvalue weighted by atomic mass is 35.5. The Kier molecular flexibility index (Phi) is 4.75. The Morgan fingerprint density at radius 2 is 1.97 bits per heavy atom. The largest absolute Gasteiger partial charge is 0.324 e. The molecule has 0 spiro atoms. The zero-order chi connectivity index (χ0) is 20.7. The molecule has 2 heterocycles. The van der Waals surface area contributed by atoms with E-state index in [0.29, 0.717) is 5.69 Å². The summed E-state index contributed by atoms with van der Waals surface area (Å²) in [6.07, 6.45) is 0. The lowest BCUT2D eigenvalue weighted by atomic mass is 10.1. The molecule has 1 N–H and O–H groups in total. The smallest absolute Gasteiger partial charge is 0.263 e. The van der Waals surface area contributed by atoms with Gasteiger partial charge in [0.2, 0.25) is 5.91 Å². The molecule has 0 unspecified atom stereocenters. The van der Waals surface area contributed by atoms with E-state index >= 15 is 0 Å². The number of rotatable bonds is 4. The summed E-state index contributed by atoms with van der Waals surface area (Å²) >= 11 is 5.77. The number of benzene rings is 2. The molecule has 0 saturated carbocycles. The lowest BCUT2D eigenvalue weighted by Gasteiger charge is -2.20. The average Bonchev–Trinajstić information content (AvgIpc) is 3.20. The quantitative estimate of drug-likeness (QED) is 0.777. The SMILES string of the molecule is Cc1ccccc1NC(=O)CN1N=N[C@H]2C(=O)N(c3ccc(F)c(Cl)c3)C(=O)[C@@H]21. The number of halogens is 2. The Bertz CT molecular complexity index is 1060. The van der Waals surface area contributed by atoms with Gasteiger partial charge in [0.25, 0.3) is 11.8 Å². The van der Waals surface area contributed by atoms with Crippen molar-refractivity contribution in [2.45, 2.75) is 19.0 Å². The number of amides is 3. The first-order chi connectivity index (χ1) is 13.9. The van der Waals surface area contributed by atoms with Gasteiger partial charge in [0, 0.05) is 5.69 Å². The zero-order valence-electron chi connectivity index (χ0n) is 15.2. The summed E-state index contributed by atoms with van der Waals surface area (Å²) in [5.74, 6) is -2.27. The number of para-hydroxylation sites is 1. The van der Waals surface area contributed by atoms with E-state index in [9.17, 15) is 18.8 Å². The fourth-order valence-electron chi connectivity index (χ4n) is 3.28. The number of aryl methyl sites for hydroxylation is 1. The van der Waals surface area contributed by atoms with Crippen LogP contribution in [0.1, 0.15) is 5.56 Å². The van der Waals surface area contributed by atoms with Gasteiger partial charge in [0.15, 0.2) is 12.1 Å². The highest BCUT2D eigenvalue weighted by molar-refractivity contribution is 6.32. The minimum Gasteiger partial charge on any atom is -0.324 e. The van der Waals surface area contributed by atoms with Crippen molar-refractivity contribution in [2.24, 2.45) is 10.3 Å². The van der Waals surface area contributed by atoms with Crippen LogP contribution >= 0.6 is 11.6 Å². The summed E-state index contributed by atoms with van der Waals surface area (Å²) < 4.78 is 13.4. The lowest BCUT2D eigenvalue weighted by molar-refractivity contribution is -0.123. The second kappa shape index (κ2) is 7.25. The number of nitrogens with zero attached hydrogens (tertiary/aromatic N) is 4. The van der Waals surface area contributed by atoms with E-state index in [1.807, 2.05) is 19.1 Å². The van der Waals surface area contributed by atoms with E-state index in [1.54, 1.807) is 12.1 Å². The molecule has 8 nitrogen and oxygen atoms in total. The molecule has 2 atom stereocenters. The number of hydrogen-bond donors (Lipinski definition) is 1. The van der Waals surface area contributed by atoms with Crippen LogP contribution < -0.4 is 10.2 Å². The third kappa shape index (κ3) is 3.33. The van der Waals surface area contributed by atoms with Crippen molar-refractivity contribution >= 4 is 40.7 Å². The third-order valence-corrected chi connectivity index (χ3v) is 5.03. The summed E-state index contributed by atoms with van der Waals surface area (Å²) in [6.45, 7) is 1.60. The average molecular weight is 416 g/mol. The van der Waals surface area contributed by atoms with Crippen LogP contribution in [0.25, 0.3) is 0 Å². The Labute approximate surface area is 169 Å². The fraction of sp³-hybridized carbons (Fsp3) is 0.211. The Morgan fingerprint density at radius 3 is 2.69 bits per heavy atom. The highest BCUT2D eigenvalue weighted by Crippen LogP contribution is 2.33. The molecule has 4 rings (SSSR count). The first-order valence-electron chi connectivity index (χ1n) is 8.72. The minimum atomic E-state index is -1.06. The second-order valence-corrected chi connectivity index (χ2v) is 7.07. The number of imide groups is 1. The van der Waals surface area contributed by atoms with Gasteiger partial charge in [-0.15, -0.1) is 0 Å². The summed E-state index contributed by atoms with van der Waals surface area (Å²) in [4.78, 5) is 38.8. The number of nitrogens with one attached hydrogen (secondary N) is 1. The monoisotopic (exact) mass is 415 g/mol. The van der Waals surface area contributed by atoms with E-state index in [4.69, 9.17) is 11.6 Å². The normalized spacial score (nSPS) is 20.4. The third-order valence-electron chi connectivity index (χ3n) is 4.74. The Morgan fingerprint density at radius 1 is 1.21 bits per heavy atom. The number of carbonyl (C=O) groups excluding carboxylic acids is 3. The molecule has 10 heteroatoms. The first kappa shape index (κ1) is 19.0. The van der Waals surface area contributed by atoms with E-state index in [2.05, 4.69) is 15.7 Å². The second-order valence-electron chi connectivity index (χ2n) is 6.67. The highest BCUT2D eigenvalue weighted by Gasteiger charge is 2.55. The van der Waals surface area contributed by atoms with Crippen LogP contribution in [-0.2, 0) is 14.4 Å². The maximum absolute atomic E-state index is 13.4. The van der Waals surface area contributed by atoms with Gasteiger partial charge in [-0.25, -0.2) is 9.29 Å². The first-order valence-corrected chi connectivity index (χ1v) is 9.10.